The standard InChI is InChI=1S/C18H27N3O4.ClH/c1-13-12-15(14(2)25-13)16(22)20-8-10-21(11-9-20)17(23)18(24-3)4-6-19-7-5-18;/h12,19H,4-11H2,1-3H3;1H. The zero-order valence-electron chi connectivity index (χ0n) is 15.7. The van der Waals surface area contributed by atoms with Gasteiger partial charge in [-0.05, 0) is 45.8 Å². The van der Waals surface area contributed by atoms with E-state index in [9.17, 15) is 9.59 Å². The second-order valence-electron chi connectivity index (χ2n) is 6.86. The number of methoxy groups -OCH3 is 1. The normalized spacial score (nSPS) is 19.8. The van der Waals surface area contributed by atoms with Crippen LogP contribution in [0.2, 0.25) is 0 Å². The summed E-state index contributed by atoms with van der Waals surface area (Å²) in [6, 6.07) is 1.78. The van der Waals surface area contributed by atoms with Crippen molar-refractivity contribution in [1.82, 2.24) is 15.1 Å². The molecule has 0 spiro atoms. The van der Waals surface area contributed by atoms with Crippen LogP contribution in [0.3, 0.4) is 0 Å². The number of amides is 2. The van der Waals surface area contributed by atoms with Crippen LogP contribution >= 0.6 is 12.4 Å². The number of aryl methyl sites for hydroxylation is 2. The van der Waals surface area contributed by atoms with E-state index in [1.54, 1.807) is 25.0 Å². The summed E-state index contributed by atoms with van der Waals surface area (Å²) in [4.78, 5) is 29.3. The van der Waals surface area contributed by atoms with Crippen molar-refractivity contribution in [2.24, 2.45) is 0 Å². The molecule has 0 unspecified atom stereocenters. The van der Waals surface area contributed by atoms with Gasteiger partial charge in [-0.15, -0.1) is 12.4 Å². The number of carbonyl (C=O) groups excluding carboxylic acids is 2. The van der Waals surface area contributed by atoms with Crippen molar-refractivity contribution in [3.8, 4) is 0 Å². The lowest BCUT2D eigenvalue weighted by molar-refractivity contribution is -0.159. The highest BCUT2D eigenvalue weighted by Gasteiger charge is 2.43. The molecular formula is C18H28ClN3O4. The van der Waals surface area contributed by atoms with Crippen LogP contribution in [0.1, 0.15) is 34.7 Å². The van der Waals surface area contributed by atoms with Crippen molar-refractivity contribution in [3.63, 3.8) is 0 Å². The van der Waals surface area contributed by atoms with Crippen molar-refractivity contribution in [1.29, 1.82) is 0 Å². The minimum atomic E-state index is -0.713. The Balaban J connectivity index is 0.00000243. The summed E-state index contributed by atoms with van der Waals surface area (Å²) in [6.45, 7) is 7.37. The quantitative estimate of drug-likeness (QED) is 0.850. The fourth-order valence-electron chi connectivity index (χ4n) is 3.75. The Hall–Kier alpha value is -1.57. The van der Waals surface area contributed by atoms with Gasteiger partial charge in [-0.3, -0.25) is 9.59 Å². The van der Waals surface area contributed by atoms with Crippen LogP contribution in [-0.2, 0) is 9.53 Å². The third kappa shape index (κ3) is 3.89. The Morgan fingerprint density at radius 3 is 2.19 bits per heavy atom. The first-order valence-electron chi connectivity index (χ1n) is 8.88. The number of piperazine rings is 1. The summed E-state index contributed by atoms with van der Waals surface area (Å²) in [5.74, 6) is 1.42. The zero-order chi connectivity index (χ0) is 18.0. The van der Waals surface area contributed by atoms with Crippen LogP contribution < -0.4 is 5.32 Å². The van der Waals surface area contributed by atoms with Crippen LogP contribution in [0.15, 0.2) is 10.5 Å². The second-order valence-corrected chi connectivity index (χ2v) is 6.86. The van der Waals surface area contributed by atoms with Gasteiger partial charge in [0.2, 0.25) is 0 Å². The molecule has 1 aromatic rings. The molecule has 2 aliphatic heterocycles. The summed E-state index contributed by atoms with van der Waals surface area (Å²) < 4.78 is 11.1. The summed E-state index contributed by atoms with van der Waals surface area (Å²) in [6.07, 6.45) is 1.38. The van der Waals surface area contributed by atoms with Gasteiger partial charge in [0.1, 0.15) is 17.1 Å². The summed E-state index contributed by atoms with van der Waals surface area (Å²) in [7, 11) is 1.62. The topological polar surface area (TPSA) is 75.0 Å². The molecule has 2 amide bonds. The number of halogens is 1. The first kappa shape index (κ1) is 20.7. The molecule has 8 heteroatoms. The number of nitrogens with one attached hydrogen (secondary N) is 1. The number of nitrogens with zero attached hydrogens (tertiary/aromatic N) is 2. The number of rotatable bonds is 3. The molecule has 3 rings (SSSR count). The summed E-state index contributed by atoms with van der Waals surface area (Å²) >= 11 is 0. The molecule has 7 nitrogen and oxygen atoms in total. The van der Waals surface area contributed by atoms with Crippen molar-refractivity contribution in [2.45, 2.75) is 32.3 Å². The Morgan fingerprint density at radius 2 is 1.69 bits per heavy atom. The minimum absolute atomic E-state index is 0. The third-order valence-electron chi connectivity index (χ3n) is 5.32. The number of carbonyl (C=O) groups is 2. The van der Waals surface area contributed by atoms with E-state index in [0.717, 1.165) is 18.8 Å². The highest BCUT2D eigenvalue weighted by Crippen LogP contribution is 2.26. The molecule has 2 fully saturated rings. The molecule has 0 radical (unpaired) electrons. The molecule has 2 saturated heterocycles. The van der Waals surface area contributed by atoms with Gasteiger partial charge in [0, 0.05) is 33.3 Å². The fraction of sp³-hybridized carbons (Fsp3) is 0.667. The summed E-state index contributed by atoms with van der Waals surface area (Å²) in [5, 5.41) is 3.27. The summed E-state index contributed by atoms with van der Waals surface area (Å²) in [5.41, 5.74) is -0.0978. The maximum absolute atomic E-state index is 13.0. The number of hydrogen-bond acceptors (Lipinski definition) is 5. The lowest BCUT2D eigenvalue weighted by Crippen LogP contribution is -2.59. The first-order chi connectivity index (χ1) is 12.0. The molecule has 1 aromatic heterocycles. The molecule has 3 heterocycles. The molecule has 146 valence electrons. The van der Waals surface area contributed by atoms with Crippen molar-refractivity contribution >= 4 is 24.2 Å². The van der Waals surface area contributed by atoms with Crippen molar-refractivity contribution in [2.75, 3.05) is 46.4 Å². The Morgan fingerprint density at radius 1 is 1.12 bits per heavy atom. The van der Waals surface area contributed by atoms with E-state index >= 15 is 0 Å². The molecule has 0 saturated carbocycles. The molecule has 0 aliphatic carbocycles. The molecule has 2 aliphatic rings. The SMILES string of the molecule is COC1(C(=O)N2CCN(C(=O)c3cc(C)oc3C)CC2)CCNCC1.Cl. The van der Waals surface area contributed by atoms with E-state index < -0.39 is 5.60 Å². The average Bonchev–Trinajstić information content (AvgIpc) is 2.99. The first-order valence-corrected chi connectivity index (χ1v) is 8.88. The van der Waals surface area contributed by atoms with Crippen LogP contribution in [0, 0.1) is 13.8 Å². The molecular weight excluding hydrogens is 358 g/mol. The fourth-order valence-corrected chi connectivity index (χ4v) is 3.75. The lowest BCUT2D eigenvalue weighted by Gasteiger charge is -2.42. The van der Waals surface area contributed by atoms with Crippen molar-refractivity contribution < 1.29 is 18.7 Å². The minimum Gasteiger partial charge on any atom is -0.466 e. The van der Waals surface area contributed by atoms with Gasteiger partial charge >= 0.3 is 0 Å². The van der Waals surface area contributed by atoms with Crippen LogP contribution in [0.25, 0.3) is 0 Å². The van der Waals surface area contributed by atoms with E-state index in [-0.39, 0.29) is 24.2 Å². The van der Waals surface area contributed by atoms with Gasteiger partial charge in [-0.1, -0.05) is 0 Å². The molecule has 1 N–H and O–H groups in total. The molecule has 0 aromatic carbocycles. The highest BCUT2D eigenvalue weighted by atomic mass is 35.5. The van der Waals surface area contributed by atoms with E-state index in [1.165, 1.54) is 0 Å². The Kier molecular flexibility index (Phi) is 6.71. The second kappa shape index (κ2) is 8.41. The van der Waals surface area contributed by atoms with E-state index in [4.69, 9.17) is 9.15 Å². The van der Waals surface area contributed by atoms with Gasteiger partial charge in [0.05, 0.1) is 5.56 Å². The maximum Gasteiger partial charge on any atom is 0.257 e. The Bertz CT molecular complexity index is 647. The Labute approximate surface area is 160 Å². The predicted octanol–water partition coefficient (Wildman–Crippen LogP) is 1.37. The predicted molar refractivity (Wildman–Crippen MR) is 99.8 cm³/mol. The van der Waals surface area contributed by atoms with E-state index in [1.807, 2.05) is 11.8 Å². The van der Waals surface area contributed by atoms with Gasteiger partial charge in [-0.25, -0.2) is 0 Å². The van der Waals surface area contributed by atoms with E-state index in [0.29, 0.717) is 50.3 Å². The monoisotopic (exact) mass is 385 g/mol. The smallest absolute Gasteiger partial charge is 0.257 e. The van der Waals surface area contributed by atoms with Crippen LogP contribution in [0.4, 0.5) is 0 Å². The molecule has 0 atom stereocenters. The third-order valence-corrected chi connectivity index (χ3v) is 5.32. The number of furan rings is 1. The van der Waals surface area contributed by atoms with E-state index in [2.05, 4.69) is 5.32 Å². The lowest BCUT2D eigenvalue weighted by atomic mass is 9.90. The number of hydrogen-bond donors (Lipinski definition) is 1. The van der Waals surface area contributed by atoms with Gasteiger partial charge < -0.3 is 24.3 Å². The van der Waals surface area contributed by atoms with Gasteiger partial charge in [0.15, 0.2) is 0 Å². The molecule has 0 bridgehead atoms. The number of piperidine rings is 1. The molecule has 26 heavy (non-hydrogen) atoms. The number of ether oxygens (including phenoxy) is 1. The highest BCUT2D eigenvalue weighted by molar-refractivity contribution is 5.95. The largest absolute Gasteiger partial charge is 0.466 e. The van der Waals surface area contributed by atoms with Crippen molar-refractivity contribution in [3.05, 3.63) is 23.2 Å². The zero-order valence-corrected chi connectivity index (χ0v) is 16.5. The maximum atomic E-state index is 13.0. The van der Waals surface area contributed by atoms with Crippen LogP contribution in [0.5, 0.6) is 0 Å². The van der Waals surface area contributed by atoms with Gasteiger partial charge in [0.25, 0.3) is 11.8 Å². The average molecular weight is 386 g/mol. The van der Waals surface area contributed by atoms with Crippen LogP contribution in [-0.4, -0.2) is 73.6 Å². The van der Waals surface area contributed by atoms with Gasteiger partial charge in [-0.2, -0.15) is 0 Å².